The van der Waals surface area contributed by atoms with Crippen LogP contribution in [0.5, 0.6) is 5.75 Å². The molecule has 2 aromatic rings. The third kappa shape index (κ3) is 3.72. The van der Waals surface area contributed by atoms with Crippen molar-refractivity contribution in [3.63, 3.8) is 0 Å². The van der Waals surface area contributed by atoms with Crippen molar-refractivity contribution in [1.82, 2.24) is 10.1 Å². The van der Waals surface area contributed by atoms with Crippen molar-refractivity contribution in [2.75, 3.05) is 12.9 Å². The summed E-state index contributed by atoms with van der Waals surface area (Å²) < 4.78 is 10.2. The number of hydrogen-bond acceptors (Lipinski definition) is 6. The van der Waals surface area contributed by atoms with Gasteiger partial charge in [-0.3, -0.25) is 4.79 Å². The molecule has 7 heteroatoms. The number of methoxy groups -OCH3 is 1. The molecule has 6 nitrogen and oxygen atoms in total. The summed E-state index contributed by atoms with van der Waals surface area (Å²) in [6, 6.07) is 7.32. The van der Waals surface area contributed by atoms with Crippen LogP contribution >= 0.6 is 11.8 Å². The van der Waals surface area contributed by atoms with Crippen LogP contribution in [0.1, 0.15) is 5.89 Å². The van der Waals surface area contributed by atoms with Crippen LogP contribution in [0.25, 0.3) is 11.4 Å². The summed E-state index contributed by atoms with van der Waals surface area (Å²) in [5, 5.41) is 12.4. The average Bonchev–Trinajstić information content (AvgIpc) is 2.87. The third-order valence-electron chi connectivity index (χ3n) is 2.25. The summed E-state index contributed by atoms with van der Waals surface area (Å²) in [6.45, 7) is 0. The highest BCUT2D eigenvalue weighted by atomic mass is 32.2. The number of hydrogen-bond donors (Lipinski definition) is 1. The molecule has 1 heterocycles. The van der Waals surface area contributed by atoms with Crippen LogP contribution in [0, 0.1) is 0 Å². The second kappa shape index (κ2) is 6.24. The molecule has 0 aliphatic heterocycles. The number of carboxylic acids is 1. The molecule has 100 valence electrons. The van der Waals surface area contributed by atoms with E-state index in [1.165, 1.54) is 11.8 Å². The molecule has 0 aliphatic carbocycles. The largest absolute Gasteiger partial charge is 0.497 e. The van der Waals surface area contributed by atoms with Gasteiger partial charge in [0.2, 0.25) is 11.7 Å². The van der Waals surface area contributed by atoms with E-state index in [9.17, 15) is 4.79 Å². The standard InChI is InChI=1S/C12H12N2O4S/c1-17-9-4-2-3-8(5-9)12-13-10(18-14-12)6-19-7-11(15)16/h2-5H,6-7H2,1H3,(H,15,16). The van der Waals surface area contributed by atoms with Gasteiger partial charge in [0.25, 0.3) is 0 Å². The highest BCUT2D eigenvalue weighted by Crippen LogP contribution is 2.22. The van der Waals surface area contributed by atoms with Crippen molar-refractivity contribution in [3.8, 4) is 17.1 Å². The van der Waals surface area contributed by atoms with E-state index < -0.39 is 5.97 Å². The van der Waals surface area contributed by atoms with Gasteiger partial charge in [0.15, 0.2) is 0 Å². The zero-order valence-electron chi connectivity index (χ0n) is 10.2. The van der Waals surface area contributed by atoms with Gasteiger partial charge >= 0.3 is 5.97 Å². The van der Waals surface area contributed by atoms with Crippen LogP contribution in [-0.2, 0) is 10.5 Å². The monoisotopic (exact) mass is 280 g/mol. The van der Waals surface area contributed by atoms with Crippen LogP contribution in [0.2, 0.25) is 0 Å². The van der Waals surface area contributed by atoms with Crippen LogP contribution in [0.4, 0.5) is 0 Å². The fraction of sp³-hybridized carbons (Fsp3) is 0.250. The summed E-state index contributed by atoms with van der Waals surface area (Å²) in [5.41, 5.74) is 0.789. The molecule has 19 heavy (non-hydrogen) atoms. The van der Waals surface area contributed by atoms with Gasteiger partial charge in [-0.2, -0.15) is 4.98 Å². The fourth-order valence-electron chi connectivity index (χ4n) is 1.42. The Balaban J connectivity index is 2.05. The van der Waals surface area contributed by atoms with Gasteiger partial charge in [-0.15, -0.1) is 11.8 Å². The lowest BCUT2D eigenvalue weighted by atomic mass is 10.2. The zero-order valence-corrected chi connectivity index (χ0v) is 11.0. The molecule has 0 fully saturated rings. The van der Waals surface area contributed by atoms with E-state index in [0.717, 1.165) is 5.56 Å². The first-order chi connectivity index (χ1) is 9.19. The molecule has 1 N–H and O–H groups in total. The molecule has 2 rings (SSSR count). The van der Waals surface area contributed by atoms with Crippen molar-refractivity contribution < 1.29 is 19.2 Å². The van der Waals surface area contributed by atoms with E-state index in [-0.39, 0.29) is 5.75 Å². The van der Waals surface area contributed by atoms with Gasteiger partial charge in [-0.05, 0) is 12.1 Å². The fourth-order valence-corrected chi connectivity index (χ4v) is 1.99. The van der Waals surface area contributed by atoms with E-state index in [1.807, 2.05) is 18.2 Å². The molecular weight excluding hydrogens is 268 g/mol. The third-order valence-corrected chi connectivity index (χ3v) is 3.15. The lowest BCUT2D eigenvalue weighted by Crippen LogP contribution is -1.98. The SMILES string of the molecule is COc1cccc(-c2noc(CSCC(=O)O)n2)c1. The molecule has 0 unspecified atom stereocenters. The predicted molar refractivity (Wildman–Crippen MR) is 70.1 cm³/mol. The Morgan fingerprint density at radius 3 is 3.11 bits per heavy atom. The topological polar surface area (TPSA) is 85.5 Å². The maximum absolute atomic E-state index is 10.4. The van der Waals surface area contributed by atoms with Gasteiger partial charge < -0.3 is 14.4 Å². The summed E-state index contributed by atoms with van der Waals surface area (Å²) in [7, 11) is 1.59. The van der Waals surface area contributed by atoms with Gasteiger partial charge in [-0.1, -0.05) is 17.3 Å². The second-order valence-electron chi connectivity index (χ2n) is 3.63. The molecule has 0 radical (unpaired) electrons. The van der Waals surface area contributed by atoms with Crippen molar-refractivity contribution in [2.45, 2.75) is 5.75 Å². The highest BCUT2D eigenvalue weighted by molar-refractivity contribution is 7.99. The smallest absolute Gasteiger partial charge is 0.313 e. The van der Waals surface area contributed by atoms with Crippen molar-refractivity contribution in [2.24, 2.45) is 0 Å². The number of aromatic nitrogens is 2. The summed E-state index contributed by atoms with van der Waals surface area (Å²) >= 11 is 1.21. The predicted octanol–water partition coefficient (Wildman–Crippen LogP) is 2.06. The minimum absolute atomic E-state index is 0.0108. The van der Waals surface area contributed by atoms with Crippen LogP contribution < -0.4 is 4.74 Å². The van der Waals surface area contributed by atoms with Crippen LogP contribution in [-0.4, -0.2) is 34.1 Å². The first kappa shape index (κ1) is 13.4. The van der Waals surface area contributed by atoms with E-state index in [2.05, 4.69) is 10.1 Å². The van der Waals surface area contributed by atoms with Crippen molar-refractivity contribution >= 4 is 17.7 Å². The summed E-state index contributed by atoms with van der Waals surface area (Å²) in [6.07, 6.45) is 0. The number of benzene rings is 1. The van der Waals surface area contributed by atoms with Crippen LogP contribution in [0.15, 0.2) is 28.8 Å². The Morgan fingerprint density at radius 2 is 2.37 bits per heavy atom. The Kier molecular flexibility index (Phi) is 4.40. The lowest BCUT2D eigenvalue weighted by Gasteiger charge is -1.99. The molecule has 1 aromatic heterocycles. The number of nitrogens with zero attached hydrogens (tertiary/aromatic N) is 2. The quantitative estimate of drug-likeness (QED) is 0.866. The van der Waals surface area contributed by atoms with E-state index >= 15 is 0 Å². The molecular formula is C12H12N2O4S. The summed E-state index contributed by atoms with van der Waals surface area (Å²) in [4.78, 5) is 14.6. The number of rotatable bonds is 6. The summed E-state index contributed by atoms with van der Waals surface area (Å²) in [5.74, 6) is 1.11. The normalized spacial score (nSPS) is 10.4. The number of carboxylic acid groups (broad SMARTS) is 1. The zero-order chi connectivity index (χ0) is 13.7. The van der Waals surface area contributed by atoms with Gasteiger partial charge in [0.1, 0.15) is 5.75 Å². The number of carbonyl (C=O) groups is 1. The maximum Gasteiger partial charge on any atom is 0.313 e. The second-order valence-corrected chi connectivity index (χ2v) is 4.62. The van der Waals surface area contributed by atoms with E-state index in [0.29, 0.717) is 23.2 Å². The lowest BCUT2D eigenvalue weighted by molar-refractivity contribution is -0.133. The molecule has 0 saturated carbocycles. The first-order valence-electron chi connectivity index (χ1n) is 5.45. The Hall–Kier alpha value is -2.02. The number of ether oxygens (including phenoxy) is 1. The molecule has 0 saturated heterocycles. The molecule has 0 amide bonds. The molecule has 0 bridgehead atoms. The number of thioether (sulfide) groups is 1. The molecule has 0 atom stereocenters. The Bertz CT molecular complexity index is 570. The van der Waals surface area contributed by atoms with E-state index in [4.69, 9.17) is 14.4 Å². The maximum atomic E-state index is 10.4. The molecule has 1 aromatic carbocycles. The highest BCUT2D eigenvalue weighted by Gasteiger charge is 2.10. The number of aliphatic carboxylic acids is 1. The minimum atomic E-state index is -0.863. The average molecular weight is 280 g/mol. The van der Waals surface area contributed by atoms with Crippen LogP contribution in [0.3, 0.4) is 0 Å². The van der Waals surface area contributed by atoms with Gasteiger partial charge in [0, 0.05) is 5.56 Å². The van der Waals surface area contributed by atoms with Crippen molar-refractivity contribution in [1.29, 1.82) is 0 Å². The Morgan fingerprint density at radius 1 is 1.53 bits per heavy atom. The van der Waals surface area contributed by atoms with E-state index in [1.54, 1.807) is 13.2 Å². The Labute approximate surface area is 113 Å². The van der Waals surface area contributed by atoms with Crippen molar-refractivity contribution in [3.05, 3.63) is 30.2 Å². The molecule has 0 aliphatic rings. The van der Waals surface area contributed by atoms with Gasteiger partial charge in [0.05, 0.1) is 18.6 Å². The molecule has 0 spiro atoms. The first-order valence-corrected chi connectivity index (χ1v) is 6.61. The minimum Gasteiger partial charge on any atom is -0.497 e. The van der Waals surface area contributed by atoms with Gasteiger partial charge in [-0.25, -0.2) is 0 Å².